The van der Waals surface area contributed by atoms with Gasteiger partial charge in [-0.1, -0.05) is 0 Å². The number of aromatic nitrogens is 1. The van der Waals surface area contributed by atoms with E-state index >= 15 is 0 Å². The first-order valence-electron chi connectivity index (χ1n) is 6.89. The lowest BCUT2D eigenvalue weighted by Gasteiger charge is -2.36. The van der Waals surface area contributed by atoms with Crippen LogP contribution in [0.15, 0.2) is 12.3 Å². The Balaban J connectivity index is 1.76. The maximum atomic E-state index is 12.6. The van der Waals surface area contributed by atoms with E-state index in [2.05, 4.69) is 5.32 Å². The first kappa shape index (κ1) is 12.8. The number of carbonyl (C=O) groups is 2. The van der Waals surface area contributed by atoms with E-state index in [1.54, 1.807) is 17.2 Å². The minimum absolute atomic E-state index is 0.0115. The van der Waals surface area contributed by atoms with Gasteiger partial charge in [-0.05, 0) is 13.0 Å². The third-order valence-electron chi connectivity index (χ3n) is 4.00. The van der Waals surface area contributed by atoms with Crippen LogP contribution in [0.5, 0.6) is 0 Å². The van der Waals surface area contributed by atoms with E-state index < -0.39 is 0 Å². The number of anilines is 1. The van der Waals surface area contributed by atoms with Crippen LogP contribution < -0.4 is 11.1 Å². The van der Waals surface area contributed by atoms with Crippen molar-refractivity contribution in [2.45, 2.75) is 19.5 Å². The lowest BCUT2D eigenvalue weighted by Crippen LogP contribution is -2.54. The summed E-state index contributed by atoms with van der Waals surface area (Å²) in [7, 11) is 0. The molecule has 1 aromatic rings. The molecule has 1 atom stereocenters. The second-order valence-electron chi connectivity index (χ2n) is 5.23. The quantitative estimate of drug-likeness (QED) is 0.794. The summed E-state index contributed by atoms with van der Waals surface area (Å²) in [4.78, 5) is 27.7. The minimum Gasteiger partial charge on any atom is -0.397 e. The zero-order valence-corrected chi connectivity index (χ0v) is 11.5. The SMILES string of the molecule is CCn1cc(N)cc1C(=O)N1CCN2C(=O)NCC2C1. The highest BCUT2D eigenvalue weighted by molar-refractivity contribution is 5.94. The standard InChI is InChI=1S/C13H19N5O2/c1-2-16-7-9(14)5-11(16)12(19)17-3-4-18-10(8-17)6-15-13(18)20/h5,7,10H,2-4,6,8,14H2,1H3,(H,15,20). The van der Waals surface area contributed by atoms with Crippen LogP contribution in [0.3, 0.4) is 0 Å². The lowest BCUT2D eigenvalue weighted by atomic mass is 10.2. The zero-order chi connectivity index (χ0) is 14.3. The Kier molecular flexibility index (Phi) is 3.04. The molecule has 1 unspecified atom stereocenters. The molecule has 0 radical (unpaired) electrons. The number of nitrogens with one attached hydrogen (secondary N) is 1. The van der Waals surface area contributed by atoms with Gasteiger partial charge in [0.25, 0.3) is 5.91 Å². The van der Waals surface area contributed by atoms with Gasteiger partial charge in [0.15, 0.2) is 0 Å². The average molecular weight is 277 g/mol. The van der Waals surface area contributed by atoms with Crippen molar-refractivity contribution < 1.29 is 9.59 Å². The van der Waals surface area contributed by atoms with Gasteiger partial charge < -0.3 is 25.4 Å². The Labute approximate surface area is 117 Å². The predicted octanol–water partition coefficient (Wildman–Crippen LogP) is -0.0602. The van der Waals surface area contributed by atoms with Crippen molar-refractivity contribution in [1.82, 2.24) is 19.7 Å². The highest BCUT2D eigenvalue weighted by atomic mass is 16.2. The number of urea groups is 1. The second-order valence-corrected chi connectivity index (χ2v) is 5.23. The summed E-state index contributed by atoms with van der Waals surface area (Å²) < 4.78 is 1.86. The van der Waals surface area contributed by atoms with Gasteiger partial charge in [-0.25, -0.2) is 4.79 Å². The molecular formula is C13H19N5O2. The number of aryl methyl sites for hydroxylation is 1. The maximum absolute atomic E-state index is 12.6. The monoisotopic (exact) mass is 277 g/mol. The summed E-state index contributed by atoms with van der Waals surface area (Å²) in [5.41, 5.74) is 7.00. The molecule has 0 bridgehead atoms. The molecule has 3 N–H and O–H groups in total. The number of nitrogens with two attached hydrogens (primary N) is 1. The number of piperazine rings is 1. The fraction of sp³-hybridized carbons (Fsp3) is 0.538. The van der Waals surface area contributed by atoms with E-state index in [9.17, 15) is 9.59 Å². The Morgan fingerprint density at radius 2 is 2.30 bits per heavy atom. The lowest BCUT2D eigenvalue weighted by molar-refractivity contribution is 0.0606. The van der Waals surface area contributed by atoms with Crippen LogP contribution in [-0.2, 0) is 6.54 Å². The van der Waals surface area contributed by atoms with Crippen molar-refractivity contribution in [3.8, 4) is 0 Å². The molecule has 0 saturated carbocycles. The van der Waals surface area contributed by atoms with E-state index in [0.717, 1.165) is 0 Å². The van der Waals surface area contributed by atoms with Gasteiger partial charge >= 0.3 is 6.03 Å². The fourth-order valence-electron chi connectivity index (χ4n) is 2.92. The minimum atomic E-state index is -0.0247. The Morgan fingerprint density at radius 1 is 1.50 bits per heavy atom. The molecule has 3 heterocycles. The summed E-state index contributed by atoms with van der Waals surface area (Å²) in [6.45, 7) is 5.03. The number of fused-ring (bicyclic) bond motifs is 1. The number of rotatable bonds is 2. The predicted molar refractivity (Wildman–Crippen MR) is 74.3 cm³/mol. The molecule has 108 valence electrons. The molecular weight excluding hydrogens is 258 g/mol. The first-order chi connectivity index (χ1) is 9.60. The molecule has 0 aliphatic carbocycles. The molecule has 2 fully saturated rings. The van der Waals surface area contributed by atoms with Crippen molar-refractivity contribution in [3.63, 3.8) is 0 Å². The largest absolute Gasteiger partial charge is 0.397 e. The van der Waals surface area contributed by atoms with Crippen LogP contribution in [0.25, 0.3) is 0 Å². The molecule has 3 amide bonds. The smallest absolute Gasteiger partial charge is 0.317 e. The Morgan fingerprint density at radius 3 is 3.05 bits per heavy atom. The molecule has 2 aliphatic rings. The molecule has 1 aromatic heterocycles. The summed E-state index contributed by atoms with van der Waals surface area (Å²) in [6, 6.07) is 1.78. The van der Waals surface area contributed by atoms with Crippen molar-refractivity contribution >= 4 is 17.6 Å². The van der Waals surface area contributed by atoms with Crippen LogP contribution in [0.2, 0.25) is 0 Å². The van der Waals surface area contributed by atoms with Gasteiger partial charge in [-0.3, -0.25) is 4.79 Å². The third kappa shape index (κ3) is 1.99. The van der Waals surface area contributed by atoms with E-state index in [-0.39, 0.29) is 18.0 Å². The summed E-state index contributed by atoms with van der Waals surface area (Å²) >= 11 is 0. The van der Waals surface area contributed by atoms with Crippen molar-refractivity contribution in [2.75, 3.05) is 31.9 Å². The highest BCUT2D eigenvalue weighted by Gasteiger charge is 2.37. The number of amides is 3. The van der Waals surface area contributed by atoms with Crippen LogP contribution in [0, 0.1) is 0 Å². The topological polar surface area (TPSA) is 83.6 Å². The first-order valence-corrected chi connectivity index (χ1v) is 6.89. The van der Waals surface area contributed by atoms with Gasteiger partial charge in [0, 0.05) is 38.9 Å². The van der Waals surface area contributed by atoms with Gasteiger partial charge in [0.05, 0.1) is 11.7 Å². The highest BCUT2D eigenvalue weighted by Crippen LogP contribution is 2.18. The Hall–Kier alpha value is -2.18. The molecule has 20 heavy (non-hydrogen) atoms. The van der Waals surface area contributed by atoms with Crippen molar-refractivity contribution in [1.29, 1.82) is 0 Å². The molecule has 0 spiro atoms. The third-order valence-corrected chi connectivity index (χ3v) is 4.00. The van der Waals surface area contributed by atoms with Crippen molar-refractivity contribution in [3.05, 3.63) is 18.0 Å². The van der Waals surface area contributed by atoms with Gasteiger partial charge in [-0.15, -0.1) is 0 Å². The van der Waals surface area contributed by atoms with E-state index in [1.165, 1.54) is 0 Å². The van der Waals surface area contributed by atoms with Crippen LogP contribution >= 0.6 is 0 Å². The molecule has 2 saturated heterocycles. The summed E-state index contributed by atoms with van der Waals surface area (Å²) in [5, 5.41) is 2.81. The fourth-order valence-corrected chi connectivity index (χ4v) is 2.92. The van der Waals surface area contributed by atoms with E-state index in [4.69, 9.17) is 5.73 Å². The number of carbonyl (C=O) groups excluding carboxylic acids is 2. The maximum Gasteiger partial charge on any atom is 0.317 e. The number of hydrogen-bond donors (Lipinski definition) is 2. The molecule has 7 heteroatoms. The van der Waals surface area contributed by atoms with Crippen LogP contribution in [-0.4, -0.2) is 58.5 Å². The van der Waals surface area contributed by atoms with Gasteiger partial charge in [0.2, 0.25) is 0 Å². The molecule has 7 nitrogen and oxygen atoms in total. The molecule has 0 aromatic carbocycles. The number of nitrogen functional groups attached to an aromatic ring is 1. The van der Waals surface area contributed by atoms with Crippen molar-refractivity contribution in [2.24, 2.45) is 0 Å². The van der Waals surface area contributed by atoms with Gasteiger partial charge in [-0.2, -0.15) is 0 Å². The Bertz CT molecular complexity index is 553. The summed E-state index contributed by atoms with van der Waals surface area (Å²) in [6.07, 6.45) is 1.78. The number of hydrogen-bond acceptors (Lipinski definition) is 3. The zero-order valence-electron chi connectivity index (χ0n) is 11.5. The molecule has 3 rings (SSSR count). The van der Waals surface area contributed by atoms with E-state index in [1.807, 2.05) is 16.4 Å². The normalized spacial score (nSPS) is 21.9. The number of nitrogens with zero attached hydrogens (tertiary/aromatic N) is 3. The van der Waals surface area contributed by atoms with Crippen LogP contribution in [0.4, 0.5) is 10.5 Å². The van der Waals surface area contributed by atoms with Gasteiger partial charge in [0.1, 0.15) is 5.69 Å². The molecule has 2 aliphatic heterocycles. The summed E-state index contributed by atoms with van der Waals surface area (Å²) in [5.74, 6) is -0.0115. The van der Waals surface area contributed by atoms with Crippen LogP contribution in [0.1, 0.15) is 17.4 Å². The van der Waals surface area contributed by atoms with E-state index in [0.29, 0.717) is 44.1 Å². The average Bonchev–Trinajstić information content (AvgIpc) is 3.01. The second kappa shape index (κ2) is 4.73.